The van der Waals surface area contributed by atoms with Crippen molar-refractivity contribution < 1.29 is 0 Å². The zero-order valence-corrected chi connectivity index (χ0v) is 20.1. The van der Waals surface area contributed by atoms with Gasteiger partial charge >= 0.3 is 0 Å². The van der Waals surface area contributed by atoms with Gasteiger partial charge in [0.15, 0.2) is 0 Å². The third-order valence-corrected chi connectivity index (χ3v) is 6.55. The van der Waals surface area contributed by atoms with Gasteiger partial charge in [-0.15, -0.1) is 0 Å². The molecule has 33 heavy (non-hydrogen) atoms. The fourth-order valence-electron chi connectivity index (χ4n) is 4.56. The van der Waals surface area contributed by atoms with Crippen molar-refractivity contribution >= 4 is 48.9 Å². The monoisotopic (exact) mass is 489 g/mol. The number of rotatable bonds is 5. The first-order valence-electron chi connectivity index (χ1n) is 11.1. The van der Waals surface area contributed by atoms with E-state index in [1.54, 1.807) is 0 Å². The van der Waals surface area contributed by atoms with Crippen LogP contribution >= 0.6 is 15.9 Å². The highest BCUT2D eigenvalue weighted by molar-refractivity contribution is 9.10. The molecule has 0 aliphatic rings. The van der Waals surface area contributed by atoms with Crippen LogP contribution in [-0.4, -0.2) is 4.57 Å². The van der Waals surface area contributed by atoms with E-state index in [-0.39, 0.29) is 0 Å². The second kappa shape index (κ2) is 9.09. The summed E-state index contributed by atoms with van der Waals surface area (Å²) >= 11 is 3.55. The van der Waals surface area contributed by atoms with E-state index in [0.29, 0.717) is 0 Å². The van der Waals surface area contributed by atoms with E-state index in [1.165, 1.54) is 38.5 Å². The Labute approximate surface area is 203 Å². The van der Waals surface area contributed by atoms with Gasteiger partial charge in [-0.2, -0.15) is 0 Å². The van der Waals surface area contributed by atoms with Crippen molar-refractivity contribution in [3.05, 3.63) is 137 Å². The minimum atomic E-state index is 1.07. The maximum Gasteiger partial charge on any atom is 0.0547 e. The zero-order valence-electron chi connectivity index (χ0n) is 18.5. The predicted molar refractivity (Wildman–Crippen MR) is 147 cm³/mol. The summed E-state index contributed by atoms with van der Waals surface area (Å²) in [5.74, 6) is 0. The van der Waals surface area contributed by atoms with Crippen LogP contribution in [0.1, 0.15) is 18.1 Å². The van der Waals surface area contributed by atoms with Gasteiger partial charge in [-0.25, -0.2) is 0 Å². The van der Waals surface area contributed by atoms with Crippen LogP contribution in [0.25, 0.3) is 38.6 Å². The standard InChI is InChI=1S/C31H24BrN/c1-3-10-27(26(4-2)22-15-18-24(32)19-16-22)23-17-20-29-28-13-8-9-14-30(28)33(31(29)21-23)25-11-6-5-7-12-25/h3-21H,1H2,2H3/b26-4-,27-10-. The van der Waals surface area contributed by atoms with Crippen LogP contribution in [0.15, 0.2) is 126 Å². The Morgan fingerprint density at radius 2 is 1.39 bits per heavy atom. The maximum atomic E-state index is 4.00. The molecule has 0 N–H and O–H groups in total. The number of fused-ring (bicyclic) bond motifs is 3. The Morgan fingerprint density at radius 1 is 0.727 bits per heavy atom. The fraction of sp³-hybridized carbons (Fsp3) is 0.0323. The summed E-state index contributed by atoms with van der Waals surface area (Å²) in [4.78, 5) is 0. The molecule has 1 heterocycles. The second-order valence-electron chi connectivity index (χ2n) is 7.95. The molecule has 0 radical (unpaired) electrons. The largest absolute Gasteiger partial charge is 0.309 e. The van der Waals surface area contributed by atoms with E-state index in [0.717, 1.165) is 15.7 Å². The highest BCUT2D eigenvalue weighted by atomic mass is 79.9. The molecule has 0 amide bonds. The normalized spacial score (nSPS) is 12.4. The Hall–Kier alpha value is -3.62. The topological polar surface area (TPSA) is 4.93 Å². The van der Waals surface area contributed by atoms with Crippen molar-refractivity contribution in [2.24, 2.45) is 0 Å². The zero-order chi connectivity index (χ0) is 22.8. The van der Waals surface area contributed by atoms with E-state index < -0.39 is 0 Å². The van der Waals surface area contributed by atoms with E-state index in [2.05, 4.69) is 143 Å². The van der Waals surface area contributed by atoms with Crippen LogP contribution in [-0.2, 0) is 0 Å². The quantitative estimate of drug-likeness (QED) is 0.217. The first kappa shape index (κ1) is 21.2. The molecule has 5 aromatic rings. The molecule has 5 rings (SSSR count). The third-order valence-electron chi connectivity index (χ3n) is 6.02. The minimum absolute atomic E-state index is 1.07. The molecule has 0 saturated carbocycles. The van der Waals surface area contributed by atoms with Gasteiger partial charge in [0, 0.05) is 20.9 Å². The molecule has 0 fully saturated rings. The van der Waals surface area contributed by atoms with Crippen LogP contribution in [0.5, 0.6) is 0 Å². The molecule has 0 aliphatic carbocycles. The molecule has 0 saturated heterocycles. The third kappa shape index (κ3) is 3.88. The molecular formula is C31H24BrN. The first-order valence-corrected chi connectivity index (χ1v) is 11.8. The molecule has 160 valence electrons. The Kier molecular flexibility index (Phi) is 5.85. The molecule has 0 unspecified atom stereocenters. The van der Waals surface area contributed by atoms with E-state index in [9.17, 15) is 0 Å². The summed E-state index contributed by atoms with van der Waals surface area (Å²) in [6.45, 7) is 6.09. The van der Waals surface area contributed by atoms with Crippen LogP contribution in [0, 0.1) is 0 Å². The lowest BCUT2D eigenvalue weighted by atomic mass is 9.91. The van der Waals surface area contributed by atoms with Gasteiger partial charge < -0.3 is 4.57 Å². The van der Waals surface area contributed by atoms with Crippen molar-refractivity contribution in [2.75, 3.05) is 0 Å². The van der Waals surface area contributed by atoms with Gasteiger partial charge in [0.2, 0.25) is 0 Å². The highest BCUT2D eigenvalue weighted by Gasteiger charge is 2.15. The van der Waals surface area contributed by atoms with E-state index in [4.69, 9.17) is 0 Å². The van der Waals surface area contributed by atoms with Crippen LogP contribution in [0.3, 0.4) is 0 Å². The number of halogens is 1. The van der Waals surface area contributed by atoms with Crippen molar-refractivity contribution in [3.63, 3.8) is 0 Å². The Balaban J connectivity index is 1.76. The number of hydrogen-bond donors (Lipinski definition) is 0. The van der Waals surface area contributed by atoms with Gasteiger partial charge in [0.05, 0.1) is 11.0 Å². The SMILES string of the molecule is C=C/C=C(\C(=C/C)c1ccc(Br)cc1)c1ccc2c3ccccc3n(-c3ccccc3)c2c1. The molecular weight excluding hydrogens is 466 g/mol. The lowest BCUT2D eigenvalue weighted by Crippen LogP contribution is -1.95. The van der Waals surface area contributed by atoms with Crippen molar-refractivity contribution in [1.82, 2.24) is 4.57 Å². The van der Waals surface area contributed by atoms with E-state index in [1.807, 2.05) is 6.08 Å². The molecule has 1 aromatic heterocycles. The van der Waals surface area contributed by atoms with Gasteiger partial charge in [-0.3, -0.25) is 0 Å². The summed E-state index contributed by atoms with van der Waals surface area (Å²) in [5, 5.41) is 2.51. The summed E-state index contributed by atoms with van der Waals surface area (Å²) in [5.41, 5.74) is 8.25. The highest BCUT2D eigenvalue weighted by Crippen LogP contribution is 2.37. The molecule has 1 nitrogen and oxygen atoms in total. The molecule has 0 spiro atoms. The van der Waals surface area contributed by atoms with Crippen molar-refractivity contribution in [2.45, 2.75) is 6.92 Å². The summed E-state index contributed by atoms with van der Waals surface area (Å²) in [6, 6.07) is 34.4. The molecule has 0 bridgehead atoms. The van der Waals surface area contributed by atoms with Crippen LogP contribution < -0.4 is 0 Å². The Morgan fingerprint density at radius 3 is 2.12 bits per heavy atom. The number of benzene rings is 4. The summed E-state index contributed by atoms with van der Waals surface area (Å²) in [6.07, 6.45) is 6.15. The predicted octanol–water partition coefficient (Wildman–Crippen LogP) is 9.22. The van der Waals surface area contributed by atoms with Gasteiger partial charge in [0.1, 0.15) is 0 Å². The fourth-order valence-corrected chi connectivity index (χ4v) is 4.82. The maximum absolute atomic E-state index is 4.00. The van der Waals surface area contributed by atoms with Crippen LogP contribution in [0.4, 0.5) is 0 Å². The smallest absolute Gasteiger partial charge is 0.0547 e. The molecule has 2 heteroatoms. The second-order valence-corrected chi connectivity index (χ2v) is 8.86. The average Bonchev–Trinajstić information content (AvgIpc) is 3.19. The average molecular weight is 490 g/mol. The Bertz CT molecular complexity index is 1520. The number of allylic oxidation sites excluding steroid dienone is 5. The van der Waals surface area contributed by atoms with Crippen LogP contribution in [0.2, 0.25) is 0 Å². The van der Waals surface area contributed by atoms with Gasteiger partial charge in [0.25, 0.3) is 0 Å². The molecule has 0 atom stereocenters. The van der Waals surface area contributed by atoms with E-state index >= 15 is 0 Å². The van der Waals surface area contributed by atoms with Gasteiger partial charge in [-0.05, 0) is 65.6 Å². The number of para-hydroxylation sites is 2. The van der Waals surface area contributed by atoms with Crippen molar-refractivity contribution in [3.8, 4) is 5.69 Å². The number of aromatic nitrogens is 1. The lowest BCUT2D eigenvalue weighted by molar-refractivity contribution is 1.18. The first-order chi connectivity index (χ1) is 16.2. The minimum Gasteiger partial charge on any atom is -0.309 e. The summed E-state index contributed by atoms with van der Waals surface area (Å²) in [7, 11) is 0. The molecule has 4 aromatic carbocycles. The van der Waals surface area contributed by atoms with Gasteiger partial charge in [-0.1, -0.05) is 101 Å². The number of nitrogens with zero attached hydrogens (tertiary/aromatic N) is 1. The summed E-state index contributed by atoms with van der Waals surface area (Å²) < 4.78 is 3.43. The van der Waals surface area contributed by atoms with Crippen molar-refractivity contribution in [1.29, 1.82) is 0 Å². The number of hydrogen-bond acceptors (Lipinski definition) is 0. The lowest BCUT2D eigenvalue weighted by Gasteiger charge is -2.14. The molecule has 0 aliphatic heterocycles.